The molecule has 0 unspecified atom stereocenters. The summed E-state index contributed by atoms with van der Waals surface area (Å²) in [5, 5.41) is 26.0. The predicted molar refractivity (Wildman–Crippen MR) is 89.5 cm³/mol. The van der Waals surface area contributed by atoms with Crippen LogP contribution in [0.2, 0.25) is 0 Å². The highest BCUT2D eigenvalue weighted by Crippen LogP contribution is 2.27. The van der Waals surface area contributed by atoms with Crippen LogP contribution in [0.15, 0.2) is 73.4 Å². The summed E-state index contributed by atoms with van der Waals surface area (Å²) in [6.45, 7) is 0. The van der Waals surface area contributed by atoms with E-state index in [2.05, 4.69) is 36.4 Å². The van der Waals surface area contributed by atoms with E-state index in [0.29, 0.717) is 17.8 Å². The molecular weight excluding hydrogens is 344 g/mol. The molecule has 3 rings (SSSR count). The van der Waals surface area contributed by atoms with Crippen LogP contribution in [0, 0.1) is 0 Å². The number of halogens is 1. The van der Waals surface area contributed by atoms with Gasteiger partial charge in [-0.3, -0.25) is 0 Å². The molecule has 1 aliphatic heterocycles. The van der Waals surface area contributed by atoms with E-state index < -0.39 is 0 Å². The minimum absolute atomic E-state index is 0.00872. The zero-order valence-electron chi connectivity index (χ0n) is 11.6. The van der Waals surface area contributed by atoms with Gasteiger partial charge in [0, 0.05) is 16.5 Å². The zero-order chi connectivity index (χ0) is 15.4. The van der Waals surface area contributed by atoms with E-state index in [1.54, 1.807) is 18.2 Å². The summed E-state index contributed by atoms with van der Waals surface area (Å²) < 4.78 is 0.865. The Morgan fingerprint density at radius 2 is 2.00 bits per heavy atom. The molecule has 22 heavy (non-hydrogen) atoms. The van der Waals surface area contributed by atoms with E-state index in [4.69, 9.17) is 0 Å². The van der Waals surface area contributed by atoms with Crippen molar-refractivity contribution in [3.05, 3.63) is 64.1 Å². The third-order valence-electron chi connectivity index (χ3n) is 3.23. The van der Waals surface area contributed by atoms with Crippen molar-refractivity contribution in [1.29, 1.82) is 0 Å². The number of aromatic hydroxyl groups is 1. The Bertz CT molecular complexity index is 756. The number of nitrogens with zero attached hydrogens (tertiary/aromatic N) is 4. The second-order valence-corrected chi connectivity index (χ2v) is 5.73. The van der Waals surface area contributed by atoms with Crippen molar-refractivity contribution in [2.75, 3.05) is 0 Å². The van der Waals surface area contributed by atoms with E-state index >= 15 is 0 Å². The monoisotopic (exact) mass is 356 g/mol. The number of azo groups is 1. The van der Waals surface area contributed by atoms with Crippen molar-refractivity contribution in [2.24, 2.45) is 20.4 Å². The second-order valence-electron chi connectivity index (χ2n) is 4.81. The van der Waals surface area contributed by atoms with Gasteiger partial charge in [0.1, 0.15) is 11.8 Å². The first-order chi connectivity index (χ1) is 10.7. The van der Waals surface area contributed by atoms with Crippen LogP contribution < -0.4 is 0 Å². The molecule has 1 atom stereocenters. The lowest BCUT2D eigenvalue weighted by Gasteiger charge is -2.03. The maximum absolute atomic E-state index is 9.72. The van der Waals surface area contributed by atoms with Gasteiger partial charge in [0.25, 0.3) is 0 Å². The van der Waals surface area contributed by atoms with Crippen molar-refractivity contribution >= 4 is 28.0 Å². The Morgan fingerprint density at radius 3 is 2.82 bits per heavy atom. The molecule has 0 saturated carbocycles. The van der Waals surface area contributed by atoms with Gasteiger partial charge < -0.3 is 5.11 Å². The van der Waals surface area contributed by atoms with Crippen molar-refractivity contribution in [3.8, 4) is 5.75 Å². The number of phenolic OH excluding ortho intramolecular Hbond substituents is 1. The second kappa shape index (κ2) is 6.62. The van der Waals surface area contributed by atoms with Gasteiger partial charge in [0.05, 0.1) is 6.21 Å². The SMILES string of the molecule is Oc1ccc(Br)cc1/C=N\N=C1\C[C@H](c2ccccc2)N=N1. The van der Waals surface area contributed by atoms with Gasteiger partial charge in [-0.05, 0) is 23.8 Å². The molecule has 5 nitrogen and oxygen atoms in total. The van der Waals surface area contributed by atoms with E-state index in [9.17, 15) is 5.11 Å². The molecule has 0 amide bonds. The summed E-state index contributed by atoms with van der Waals surface area (Å²) in [6, 6.07) is 15.1. The summed E-state index contributed by atoms with van der Waals surface area (Å²) in [6.07, 6.45) is 2.13. The molecule has 0 fully saturated rings. The topological polar surface area (TPSA) is 69.7 Å². The van der Waals surface area contributed by atoms with Crippen LogP contribution in [0.5, 0.6) is 5.75 Å². The number of hydrogen-bond acceptors (Lipinski definition) is 4. The smallest absolute Gasteiger partial charge is 0.175 e. The molecule has 0 saturated heterocycles. The highest BCUT2D eigenvalue weighted by Gasteiger charge is 2.19. The van der Waals surface area contributed by atoms with Gasteiger partial charge in [-0.25, -0.2) is 0 Å². The van der Waals surface area contributed by atoms with Crippen molar-refractivity contribution in [1.82, 2.24) is 0 Å². The predicted octanol–water partition coefficient (Wildman–Crippen LogP) is 4.48. The minimum atomic E-state index is 0.00872. The Labute approximate surface area is 136 Å². The highest BCUT2D eigenvalue weighted by molar-refractivity contribution is 9.10. The molecule has 1 aliphatic rings. The molecule has 0 bridgehead atoms. The average molecular weight is 357 g/mol. The maximum Gasteiger partial charge on any atom is 0.175 e. The van der Waals surface area contributed by atoms with Crippen LogP contribution in [0.3, 0.4) is 0 Å². The maximum atomic E-state index is 9.72. The van der Waals surface area contributed by atoms with Gasteiger partial charge >= 0.3 is 0 Å². The Balaban J connectivity index is 1.69. The lowest BCUT2D eigenvalue weighted by molar-refractivity contribution is 0.474. The summed E-state index contributed by atoms with van der Waals surface area (Å²) in [7, 11) is 0. The number of hydrogen-bond donors (Lipinski definition) is 1. The van der Waals surface area contributed by atoms with Crippen molar-refractivity contribution < 1.29 is 5.11 Å². The quantitative estimate of drug-likeness (QED) is 0.638. The van der Waals surface area contributed by atoms with Crippen LogP contribution in [-0.4, -0.2) is 17.2 Å². The minimum Gasteiger partial charge on any atom is -0.507 e. The standard InChI is InChI=1S/C16H13BrN4O/c17-13-6-7-15(22)12(8-13)10-18-20-16-9-14(19-21-16)11-4-2-1-3-5-11/h1-8,10,14,22H,9H2/b18-10-,20-16-/t14-/m1/s1. The van der Waals surface area contributed by atoms with Gasteiger partial charge in [-0.1, -0.05) is 46.3 Å². The lowest BCUT2D eigenvalue weighted by atomic mass is 10.1. The van der Waals surface area contributed by atoms with Crippen LogP contribution in [0.4, 0.5) is 0 Å². The van der Waals surface area contributed by atoms with E-state index in [-0.39, 0.29) is 11.8 Å². The van der Waals surface area contributed by atoms with Gasteiger partial charge in [-0.15, -0.1) is 10.2 Å². The number of phenols is 1. The first-order valence-electron chi connectivity index (χ1n) is 6.76. The summed E-state index contributed by atoms with van der Waals surface area (Å²) in [5.74, 6) is 0.738. The molecule has 0 radical (unpaired) electrons. The number of amidine groups is 1. The van der Waals surface area contributed by atoms with Crippen LogP contribution in [0.25, 0.3) is 0 Å². The van der Waals surface area contributed by atoms with Gasteiger partial charge in [0.2, 0.25) is 0 Å². The largest absolute Gasteiger partial charge is 0.507 e. The first kappa shape index (κ1) is 14.6. The molecule has 2 aromatic rings. The Kier molecular flexibility index (Phi) is 4.39. The molecule has 6 heteroatoms. The third-order valence-corrected chi connectivity index (χ3v) is 3.73. The summed E-state index contributed by atoms with van der Waals surface area (Å²) >= 11 is 3.35. The summed E-state index contributed by atoms with van der Waals surface area (Å²) in [4.78, 5) is 0. The molecule has 0 spiro atoms. The van der Waals surface area contributed by atoms with Crippen LogP contribution in [-0.2, 0) is 0 Å². The zero-order valence-corrected chi connectivity index (χ0v) is 13.2. The molecule has 0 aliphatic carbocycles. The van der Waals surface area contributed by atoms with Gasteiger partial charge in [0.15, 0.2) is 5.84 Å². The molecule has 2 aromatic carbocycles. The van der Waals surface area contributed by atoms with E-state index in [1.165, 1.54) is 6.21 Å². The third kappa shape index (κ3) is 3.46. The number of benzene rings is 2. The van der Waals surface area contributed by atoms with E-state index in [0.717, 1.165) is 10.0 Å². The van der Waals surface area contributed by atoms with Crippen LogP contribution in [0.1, 0.15) is 23.6 Å². The fourth-order valence-electron chi connectivity index (χ4n) is 2.10. The van der Waals surface area contributed by atoms with Crippen LogP contribution >= 0.6 is 15.9 Å². The molecule has 1 heterocycles. The fraction of sp³-hybridized carbons (Fsp3) is 0.125. The average Bonchev–Trinajstić information content (AvgIpc) is 3.00. The Hall–Kier alpha value is -2.34. The Morgan fingerprint density at radius 1 is 1.18 bits per heavy atom. The summed E-state index contributed by atoms with van der Waals surface area (Å²) in [5.41, 5.74) is 1.71. The van der Waals surface area contributed by atoms with Crippen molar-refractivity contribution in [2.45, 2.75) is 12.5 Å². The van der Waals surface area contributed by atoms with E-state index in [1.807, 2.05) is 30.3 Å². The number of rotatable bonds is 3. The molecular formula is C16H13BrN4O. The normalized spacial score (nSPS) is 19.3. The molecule has 110 valence electrons. The molecule has 1 N–H and O–H groups in total. The first-order valence-corrected chi connectivity index (χ1v) is 7.56. The molecule has 0 aromatic heterocycles. The van der Waals surface area contributed by atoms with Crippen molar-refractivity contribution in [3.63, 3.8) is 0 Å². The lowest BCUT2D eigenvalue weighted by Crippen LogP contribution is -1.95. The van der Waals surface area contributed by atoms with Gasteiger partial charge in [-0.2, -0.15) is 10.2 Å². The highest BCUT2D eigenvalue weighted by atomic mass is 79.9. The fourth-order valence-corrected chi connectivity index (χ4v) is 2.48.